The molecular weight excluding hydrogens is 152 g/mol. The summed E-state index contributed by atoms with van der Waals surface area (Å²) in [5, 5.41) is 4.15. The van der Waals surface area contributed by atoms with E-state index in [1.807, 2.05) is 0 Å². The number of hydrogen-bond acceptors (Lipinski definition) is 3. The number of hydrogen-bond donors (Lipinski definition) is 0. The van der Waals surface area contributed by atoms with E-state index in [1.54, 1.807) is 23.2 Å². The molecule has 0 unspecified atom stereocenters. The van der Waals surface area contributed by atoms with Crippen LogP contribution in [-0.4, -0.2) is 19.6 Å². The standard InChI is InChI=1S/C8H10N4/c1-6(2)7-3-10-12-5-9-4-8(12)11-7/h3-6H,1-2H3. The Hall–Kier alpha value is -1.45. The molecule has 0 fully saturated rings. The van der Waals surface area contributed by atoms with Crippen molar-refractivity contribution in [3.63, 3.8) is 0 Å². The zero-order valence-electron chi connectivity index (χ0n) is 7.10. The molecule has 2 heterocycles. The summed E-state index contributed by atoms with van der Waals surface area (Å²) in [6, 6.07) is 0. The van der Waals surface area contributed by atoms with E-state index in [2.05, 4.69) is 28.9 Å². The number of imidazole rings is 1. The summed E-state index contributed by atoms with van der Waals surface area (Å²) >= 11 is 0. The second kappa shape index (κ2) is 2.55. The minimum absolute atomic E-state index is 0.414. The lowest BCUT2D eigenvalue weighted by atomic mass is 10.1. The molecule has 0 spiro atoms. The Morgan fingerprint density at radius 3 is 2.92 bits per heavy atom. The molecule has 0 radical (unpaired) electrons. The predicted octanol–water partition coefficient (Wildman–Crippen LogP) is 1.25. The zero-order chi connectivity index (χ0) is 8.55. The van der Waals surface area contributed by atoms with Crippen LogP contribution < -0.4 is 0 Å². The van der Waals surface area contributed by atoms with Crippen molar-refractivity contribution in [2.45, 2.75) is 19.8 Å². The molecule has 4 heteroatoms. The Morgan fingerprint density at radius 1 is 1.33 bits per heavy atom. The van der Waals surface area contributed by atoms with Crippen LogP contribution in [0.4, 0.5) is 0 Å². The van der Waals surface area contributed by atoms with Crippen molar-refractivity contribution in [2.24, 2.45) is 0 Å². The third-order valence-corrected chi connectivity index (χ3v) is 1.75. The van der Waals surface area contributed by atoms with Gasteiger partial charge < -0.3 is 0 Å². The molecule has 0 saturated heterocycles. The molecule has 2 aromatic heterocycles. The first-order valence-electron chi connectivity index (χ1n) is 3.92. The fraction of sp³-hybridized carbons (Fsp3) is 0.375. The molecule has 0 N–H and O–H groups in total. The molecule has 0 saturated carbocycles. The van der Waals surface area contributed by atoms with Gasteiger partial charge in [-0.15, -0.1) is 0 Å². The normalized spacial score (nSPS) is 11.2. The average molecular weight is 162 g/mol. The summed E-state index contributed by atoms with van der Waals surface area (Å²) in [5.41, 5.74) is 1.81. The van der Waals surface area contributed by atoms with Crippen LogP contribution in [0.5, 0.6) is 0 Å². The van der Waals surface area contributed by atoms with Crippen molar-refractivity contribution in [3.8, 4) is 0 Å². The Bertz CT molecular complexity index is 391. The largest absolute Gasteiger partial charge is 0.241 e. The molecule has 0 aliphatic rings. The fourth-order valence-electron chi connectivity index (χ4n) is 1.01. The molecule has 62 valence electrons. The van der Waals surface area contributed by atoms with Gasteiger partial charge in [0, 0.05) is 0 Å². The number of rotatable bonds is 1. The van der Waals surface area contributed by atoms with Crippen molar-refractivity contribution >= 4 is 5.65 Å². The molecule has 4 nitrogen and oxygen atoms in total. The van der Waals surface area contributed by atoms with E-state index >= 15 is 0 Å². The van der Waals surface area contributed by atoms with Crippen molar-refractivity contribution in [2.75, 3.05) is 0 Å². The molecule has 0 bridgehead atoms. The first-order valence-corrected chi connectivity index (χ1v) is 3.92. The number of nitrogens with zero attached hydrogens (tertiary/aromatic N) is 4. The SMILES string of the molecule is CC(C)c1cnn2cncc2n1. The van der Waals surface area contributed by atoms with E-state index in [0.29, 0.717) is 5.92 Å². The predicted molar refractivity (Wildman–Crippen MR) is 44.9 cm³/mol. The summed E-state index contributed by atoms with van der Waals surface area (Å²) < 4.78 is 1.66. The van der Waals surface area contributed by atoms with Crippen LogP contribution in [0.15, 0.2) is 18.7 Å². The number of fused-ring (bicyclic) bond motifs is 1. The molecule has 0 atom stereocenters. The van der Waals surface area contributed by atoms with E-state index < -0.39 is 0 Å². The summed E-state index contributed by atoms with van der Waals surface area (Å²) in [5.74, 6) is 0.414. The highest BCUT2D eigenvalue weighted by molar-refractivity contribution is 5.33. The third kappa shape index (κ3) is 1.05. The van der Waals surface area contributed by atoms with Gasteiger partial charge in [0.15, 0.2) is 5.65 Å². The number of aromatic nitrogens is 4. The van der Waals surface area contributed by atoms with Crippen LogP contribution in [0.2, 0.25) is 0 Å². The smallest absolute Gasteiger partial charge is 0.173 e. The van der Waals surface area contributed by atoms with Gasteiger partial charge >= 0.3 is 0 Å². The van der Waals surface area contributed by atoms with E-state index in [9.17, 15) is 0 Å². The molecular formula is C8H10N4. The van der Waals surface area contributed by atoms with Gasteiger partial charge in [-0.2, -0.15) is 5.10 Å². The summed E-state index contributed by atoms with van der Waals surface area (Å²) in [6.07, 6.45) is 5.13. The third-order valence-electron chi connectivity index (χ3n) is 1.75. The molecule has 12 heavy (non-hydrogen) atoms. The van der Waals surface area contributed by atoms with Gasteiger partial charge in [-0.25, -0.2) is 14.5 Å². The van der Waals surface area contributed by atoms with Gasteiger partial charge in [-0.05, 0) is 5.92 Å². The quantitative estimate of drug-likeness (QED) is 0.633. The van der Waals surface area contributed by atoms with Gasteiger partial charge in [0.05, 0.1) is 18.1 Å². The van der Waals surface area contributed by atoms with Gasteiger partial charge in [0.1, 0.15) is 6.33 Å². The minimum Gasteiger partial charge on any atom is -0.241 e. The highest BCUT2D eigenvalue weighted by atomic mass is 15.3. The van der Waals surface area contributed by atoms with Crippen molar-refractivity contribution in [1.29, 1.82) is 0 Å². The summed E-state index contributed by atoms with van der Waals surface area (Å²) in [4.78, 5) is 8.31. The minimum atomic E-state index is 0.414. The molecule has 0 aliphatic heterocycles. The lowest BCUT2D eigenvalue weighted by molar-refractivity contribution is 0.781. The molecule has 2 rings (SSSR count). The maximum absolute atomic E-state index is 4.37. The highest BCUT2D eigenvalue weighted by Gasteiger charge is 2.02. The first kappa shape index (κ1) is 7.21. The van der Waals surface area contributed by atoms with E-state index in [1.165, 1.54) is 0 Å². The first-order chi connectivity index (χ1) is 5.77. The van der Waals surface area contributed by atoms with Crippen molar-refractivity contribution in [1.82, 2.24) is 19.6 Å². The second-order valence-corrected chi connectivity index (χ2v) is 3.03. The maximum atomic E-state index is 4.37. The molecule has 0 amide bonds. The Balaban J connectivity index is 2.60. The van der Waals surface area contributed by atoms with Crippen LogP contribution >= 0.6 is 0 Å². The fourth-order valence-corrected chi connectivity index (χ4v) is 1.01. The maximum Gasteiger partial charge on any atom is 0.173 e. The van der Waals surface area contributed by atoms with Crippen LogP contribution in [0.3, 0.4) is 0 Å². The topological polar surface area (TPSA) is 43.1 Å². The van der Waals surface area contributed by atoms with Crippen LogP contribution in [0.1, 0.15) is 25.5 Å². The summed E-state index contributed by atoms with van der Waals surface area (Å²) in [7, 11) is 0. The van der Waals surface area contributed by atoms with Crippen LogP contribution in [0, 0.1) is 0 Å². The van der Waals surface area contributed by atoms with Crippen LogP contribution in [-0.2, 0) is 0 Å². The molecule has 0 aromatic carbocycles. The van der Waals surface area contributed by atoms with Crippen molar-refractivity contribution in [3.05, 3.63) is 24.4 Å². The Kier molecular flexibility index (Phi) is 1.53. The van der Waals surface area contributed by atoms with Gasteiger partial charge in [-0.1, -0.05) is 13.8 Å². The summed E-state index contributed by atoms with van der Waals surface area (Å²) in [6.45, 7) is 4.19. The zero-order valence-corrected chi connectivity index (χ0v) is 7.10. The molecule has 2 aromatic rings. The lowest BCUT2D eigenvalue weighted by Gasteiger charge is -2.02. The van der Waals surface area contributed by atoms with Gasteiger partial charge in [0.25, 0.3) is 0 Å². The Morgan fingerprint density at radius 2 is 2.17 bits per heavy atom. The Labute approximate surface area is 70.3 Å². The monoisotopic (exact) mass is 162 g/mol. The average Bonchev–Trinajstić information content (AvgIpc) is 2.49. The van der Waals surface area contributed by atoms with E-state index in [4.69, 9.17) is 0 Å². The molecule has 0 aliphatic carbocycles. The van der Waals surface area contributed by atoms with Gasteiger partial charge in [-0.3, -0.25) is 0 Å². The highest BCUT2D eigenvalue weighted by Crippen LogP contribution is 2.09. The van der Waals surface area contributed by atoms with Gasteiger partial charge in [0.2, 0.25) is 0 Å². The van der Waals surface area contributed by atoms with E-state index in [-0.39, 0.29) is 0 Å². The lowest BCUT2D eigenvalue weighted by Crippen LogP contribution is -1.98. The van der Waals surface area contributed by atoms with Crippen molar-refractivity contribution < 1.29 is 0 Å². The second-order valence-electron chi connectivity index (χ2n) is 3.03. The van der Waals surface area contributed by atoms with Crippen LogP contribution in [0.25, 0.3) is 5.65 Å². The van der Waals surface area contributed by atoms with E-state index in [0.717, 1.165) is 11.3 Å².